The molecule has 2 nitrogen and oxygen atoms in total. The molecule has 2 unspecified atom stereocenters. The van der Waals surface area contributed by atoms with Crippen LogP contribution in [-0.2, 0) is 0 Å². The van der Waals surface area contributed by atoms with Gasteiger partial charge >= 0.3 is 0 Å². The maximum Gasteiger partial charge on any atom is 0.119 e. The van der Waals surface area contributed by atoms with Crippen molar-refractivity contribution in [3.8, 4) is 5.75 Å². The summed E-state index contributed by atoms with van der Waals surface area (Å²) in [7, 11) is 0. The molecule has 0 spiro atoms. The minimum absolute atomic E-state index is 0.434. The van der Waals surface area contributed by atoms with Crippen LogP contribution in [0, 0.1) is 0 Å². The molecule has 0 aromatic heterocycles. The molecule has 70 valence electrons. The Morgan fingerprint density at radius 1 is 1.38 bits per heavy atom. The standard InChI is InChI=1S/C11H15NO/c1-8-6-9(7-12-8)10-4-2-3-5-11(10)13/h2-5,8-9,12-13H,6-7H2,1H3. The Bertz CT molecular complexity index is 298. The van der Waals surface area contributed by atoms with Crippen molar-refractivity contribution in [1.82, 2.24) is 5.32 Å². The highest BCUT2D eigenvalue weighted by Crippen LogP contribution is 2.31. The van der Waals surface area contributed by atoms with Gasteiger partial charge < -0.3 is 10.4 Å². The van der Waals surface area contributed by atoms with Crippen LogP contribution in [0.25, 0.3) is 0 Å². The van der Waals surface area contributed by atoms with Crippen molar-refractivity contribution >= 4 is 0 Å². The van der Waals surface area contributed by atoms with Crippen molar-refractivity contribution in [3.05, 3.63) is 29.8 Å². The first-order valence-corrected chi connectivity index (χ1v) is 4.78. The smallest absolute Gasteiger partial charge is 0.119 e. The van der Waals surface area contributed by atoms with Gasteiger partial charge in [-0.1, -0.05) is 18.2 Å². The molecule has 2 N–H and O–H groups in total. The molecule has 1 aliphatic rings. The minimum atomic E-state index is 0.434. The van der Waals surface area contributed by atoms with E-state index < -0.39 is 0 Å². The molecule has 0 radical (unpaired) electrons. The highest BCUT2D eigenvalue weighted by molar-refractivity contribution is 5.35. The lowest BCUT2D eigenvalue weighted by Gasteiger charge is -2.10. The molecule has 2 atom stereocenters. The molecule has 0 saturated carbocycles. The Labute approximate surface area is 78.6 Å². The molecule has 2 heteroatoms. The summed E-state index contributed by atoms with van der Waals surface area (Å²) in [6.45, 7) is 3.17. The first kappa shape index (κ1) is 8.57. The second-order valence-electron chi connectivity index (χ2n) is 3.80. The van der Waals surface area contributed by atoms with E-state index in [1.807, 2.05) is 18.2 Å². The fourth-order valence-corrected chi connectivity index (χ4v) is 2.01. The number of hydrogen-bond acceptors (Lipinski definition) is 2. The highest BCUT2D eigenvalue weighted by atomic mass is 16.3. The van der Waals surface area contributed by atoms with Gasteiger partial charge in [-0.3, -0.25) is 0 Å². The van der Waals surface area contributed by atoms with Crippen LogP contribution < -0.4 is 5.32 Å². The summed E-state index contributed by atoms with van der Waals surface area (Å²) < 4.78 is 0. The molecule has 0 bridgehead atoms. The Morgan fingerprint density at radius 2 is 2.15 bits per heavy atom. The summed E-state index contributed by atoms with van der Waals surface area (Å²) in [5.41, 5.74) is 1.08. The van der Waals surface area contributed by atoms with Crippen LogP contribution in [0.3, 0.4) is 0 Å². The van der Waals surface area contributed by atoms with Gasteiger partial charge in [-0.15, -0.1) is 0 Å². The SMILES string of the molecule is CC1CC(c2ccccc2O)CN1. The normalized spacial score (nSPS) is 27.8. The van der Waals surface area contributed by atoms with Crippen LogP contribution in [0.15, 0.2) is 24.3 Å². The third kappa shape index (κ3) is 1.68. The number of para-hydroxylation sites is 1. The molecule has 1 heterocycles. The van der Waals surface area contributed by atoms with E-state index in [0.29, 0.717) is 17.7 Å². The van der Waals surface area contributed by atoms with E-state index in [0.717, 1.165) is 18.5 Å². The second-order valence-corrected chi connectivity index (χ2v) is 3.80. The Balaban J connectivity index is 2.21. The van der Waals surface area contributed by atoms with Gasteiger partial charge in [0.15, 0.2) is 0 Å². The van der Waals surface area contributed by atoms with Gasteiger partial charge in [0.05, 0.1) is 0 Å². The van der Waals surface area contributed by atoms with E-state index in [4.69, 9.17) is 0 Å². The summed E-state index contributed by atoms with van der Waals surface area (Å²) in [5, 5.41) is 13.0. The number of rotatable bonds is 1. The van der Waals surface area contributed by atoms with E-state index in [9.17, 15) is 5.11 Å². The predicted molar refractivity (Wildman–Crippen MR) is 52.9 cm³/mol. The van der Waals surface area contributed by atoms with E-state index >= 15 is 0 Å². The predicted octanol–water partition coefficient (Wildman–Crippen LogP) is 1.86. The average molecular weight is 177 g/mol. The number of phenolic OH excluding ortho intramolecular Hbond substituents is 1. The van der Waals surface area contributed by atoms with E-state index in [2.05, 4.69) is 12.2 Å². The van der Waals surface area contributed by atoms with Gasteiger partial charge in [0.1, 0.15) is 5.75 Å². The molecule has 1 aromatic carbocycles. The van der Waals surface area contributed by atoms with Crippen LogP contribution in [0.1, 0.15) is 24.8 Å². The number of nitrogens with one attached hydrogen (secondary N) is 1. The quantitative estimate of drug-likeness (QED) is 0.686. The third-order valence-electron chi connectivity index (χ3n) is 2.73. The number of benzene rings is 1. The molecule has 1 fully saturated rings. The van der Waals surface area contributed by atoms with Gasteiger partial charge in [-0.05, 0) is 25.0 Å². The van der Waals surface area contributed by atoms with E-state index in [1.165, 1.54) is 0 Å². The Morgan fingerprint density at radius 3 is 2.77 bits per heavy atom. The van der Waals surface area contributed by atoms with Crippen LogP contribution in [0.2, 0.25) is 0 Å². The van der Waals surface area contributed by atoms with Crippen molar-refractivity contribution in [1.29, 1.82) is 0 Å². The largest absolute Gasteiger partial charge is 0.508 e. The third-order valence-corrected chi connectivity index (χ3v) is 2.73. The van der Waals surface area contributed by atoms with Crippen molar-refractivity contribution in [2.45, 2.75) is 25.3 Å². The van der Waals surface area contributed by atoms with Gasteiger partial charge in [0.2, 0.25) is 0 Å². The van der Waals surface area contributed by atoms with Gasteiger partial charge in [0.25, 0.3) is 0 Å². The average Bonchev–Trinajstić information content (AvgIpc) is 2.53. The van der Waals surface area contributed by atoms with Gasteiger partial charge in [-0.2, -0.15) is 0 Å². The lowest BCUT2D eigenvalue weighted by Crippen LogP contribution is -2.16. The minimum Gasteiger partial charge on any atom is -0.508 e. The van der Waals surface area contributed by atoms with Gasteiger partial charge in [0, 0.05) is 18.5 Å². The van der Waals surface area contributed by atoms with Crippen LogP contribution in [-0.4, -0.2) is 17.7 Å². The van der Waals surface area contributed by atoms with Crippen molar-refractivity contribution in [2.24, 2.45) is 0 Å². The number of aromatic hydroxyl groups is 1. The van der Waals surface area contributed by atoms with Crippen molar-refractivity contribution < 1.29 is 5.11 Å². The Hall–Kier alpha value is -1.02. The second kappa shape index (κ2) is 3.38. The fraction of sp³-hybridized carbons (Fsp3) is 0.455. The highest BCUT2D eigenvalue weighted by Gasteiger charge is 2.23. The topological polar surface area (TPSA) is 32.3 Å². The molecule has 1 saturated heterocycles. The van der Waals surface area contributed by atoms with Crippen molar-refractivity contribution in [3.63, 3.8) is 0 Å². The van der Waals surface area contributed by atoms with E-state index in [1.54, 1.807) is 6.07 Å². The lowest BCUT2D eigenvalue weighted by molar-refractivity contribution is 0.462. The molecular formula is C11H15NO. The maximum absolute atomic E-state index is 9.63. The number of phenols is 1. The summed E-state index contributed by atoms with van der Waals surface area (Å²) in [4.78, 5) is 0. The first-order chi connectivity index (χ1) is 6.27. The van der Waals surface area contributed by atoms with E-state index in [-0.39, 0.29) is 0 Å². The fourth-order valence-electron chi connectivity index (χ4n) is 2.01. The molecule has 2 rings (SSSR count). The molecular weight excluding hydrogens is 162 g/mol. The van der Waals surface area contributed by atoms with Crippen LogP contribution in [0.4, 0.5) is 0 Å². The van der Waals surface area contributed by atoms with Gasteiger partial charge in [-0.25, -0.2) is 0 Å². The van der Waals surface area contributed by atoms with Crippen molar-refractivity contribution in [2.75, 3.05) is 6.54 Å². The summed E-state index contributed by atoms with van der Waals surface area (Å²) in [6, 6.07) is 8.20. The Kier molecular flexibility index (Phi) is 2.23. The lowest BCUT2D eigenvalue weighted by atomic mass is 9.96. The zero-order chi connectivity index (χ0) is 9.26. The molecule has 1 aromatic rings. The van der Waals surface area contributed by atoms with Crippen LogP contribution >= 0.6 is 0 Å². The summed E-state index contributed by atoms with van der Waals surface area (Å²) in [5.74, 6) is 0.916. The maximum atomic E-state index is 9.63. The first-order valence-electron chi connectivity index (χ1n) is 4.78. The molecule has 13 heavy (non-hydrogen) atoms. The zero-order valence-electron chi connectivity index (χ0n) is 7.83. The molecule has 0 aliphatic carbocycles. The monoisotopic (exact) mass is 177 g/mol. The number of hydrogen-bond donors (Lipinski definition) is 2. The summed E-state index contributed by atoms with van der Waals surface area (Å²) >= 11 is 0. The summed E-state index contributed by atoms with van der Waals surface area (Å²) in [6.07, 6.45) is 1.12. The van der Waals surface area contributed by atoms with Crippen LogP contribution in [0.5, 0.6) is 5.75 Å². The molecule has 1 aliphatic heterocycles. The molecule has 0 amide bonds. The zero-order valence-corrected chi connectivity index (χ0v) is 7.83.